The van der Waals surface area contributed by atoms with Gasteiger partial charge in [-0.25, -0.2) is 0 Å². The molecule has 0 radical (unpaired) electrons. The van der Waals surface area contributed by atoms with Crippen molar-refractivity contribution in [2.45, 2.75) is 21.3 Å². The van der Waals surface area contributed by atoms with Gasteiger partial charge in [0.1, 0.15) is 0 Å². The highest BCUT2D eigenvalue weighted by molar-refractivity contribution is 5.88. The number of fused-ring (bicyclic) bond motifs is 1. The number of benzene rings is 2. The molecule has 0 N–H and O–H groups in total. The molecule has 13 heavy (non-hydrogen) atoms. The zero-order valence-electron chi connectivity index (χ0n) is 7.46. The monoisotopic (exact) mass is 172 g/mol. The van der Waals surface area contributed by atoms with Crippen molar-refractivity contribution < 1.29 is 0 Å². The van der Waals surface area contributed by atoms with Crippen LogP contribution in [-0.4, -0.2) is 0 Å². The maximum absolute atomic E-state index is 2.16. The Labute approximate surface area is 80.2 Å². The second-order valence-electron chi connectivity index (χ2n) is 3.25. The third-order valence-electron chi connectivity index (χ3n) is 2.32. The van der Waals surface area contributed by atoms with Gasteiger partial charge in [-0.05, 0) is 35.7 Å². The van der Waals surface area contributed by atoms with Gasteiger partial charge in [0.25, 0.3) is 0 Å². The molecule has 0 atom stereocenters. The SMILES string of the molecule is C.Cc1cccc2cccc(C)c12. The van der Waals surface area contributed by atoms with Crippen LogP contribution in [0, 0.1) is 13.8 Å². The molecule has 0 aliphatic rings. The largest absolute Gasteiger partial charge is 0.0776 e. The van der Waals surface area contributed by atoms with Gasteiger partial charge >= 0.3 is 0 Å². The van der Waals surface area contributed by atoms with Crippen molar-refractivity contribution >= 4 is 10.8 Å². The molecule has 0 aromatic heterocycles. The normalized spacial score (nSPS) is 9.69. The summed E-state index contributed by atoms with van der Waals surface area (Å²) in [6, 6.07) is 12.9. The van der Waals surface area contributed by atoms with Crippen LogP contribution in [0.25, 0.3) is 10.8 Å². The smallest absolute Gasteiger partial charge is 0.0125 e. The lowest BCUT2D eigenvalue weighted by atomic mass is 10.0. The van der Waals surface area contributed by atoms with Crippen LogP contribution in [0.1, 0.15) is 18.6 Å². The van der Waals surface area contributed by atoms with Crippen molar-refractivity contribution in [3.05, 3.63) is 47.5 Å². The van der Waals surface area contributed by atoms with E-state index >= 15 is 0 Å². The van der Waals surface area contributed by atoms with Crippen LogP contribution in [0.5, 0.6) is 0 Å². The van der Waals surface area contributed by atoms with Gasteiger partial charge in [0.05, 0.1) is 0 Å². The van der Waals surface area contributed by atoms with E-state index in [0.29, 0.717) is 0 Å². The van der Waals surface area contributed by atoms with E-state index < -0.39 is 0 Å². The zero-order valence-corrected chi connectivity index (χ0v) is 7.46. The van der Waals surface area contributed by atoms with Crippen LogP contribution in [0.3, 0.4) is 0 Å². The second-order valence-corrected chi connectivity index (χ2v) is 3.25. The van der Waals surface area contributed by atoms with Gasteiger partial charge in [-0.2, -0.15) is 0 Å². The van der Waals surface area contributed by atoms with Crippen molar-refractivity contribution in [2.24, 2.45) is 0 Å². The van der Waals surface area contributed by atoms with E-state index in [1.807, 2.05) is 0 Å². The number of aryl methyl sites for hydroxylation is 2. The topological polar surface area (TPSA) is 0 Å². The van der Waals surface area contributed by atoms with Crippen molar-refractivity contribution in [3.8, 4) is 0 Å². The summed E-state index contributed by atoms with van der Waals surface area (Å²) in [6.07, 6.45) is 0. The minimum atomic E-state index is 0. The van der Waals surface area contributed by atoms with Gasteiger partial charge in [-0.15, -0.1) is 0 Å². The third-order valence-corrected chi connectivity index (χ3v) is 2.32. The predicted molar refractivity (Wildman–Crippen MR) is 60.2 cm³/mol. The fourth-order valence-electron chi connectivity index (χ4n) is 1.75. The molecule has 0 saturated heterocycles. The first kappa shape index (κ1) is 9.79. The molecule has 0 nitrogen and oxygen atoms in total. The fourth-order valence-corrected chi connectivity index (χ4v) is 1.75. The Bertz CT molecular complexity index is 377. The first-order valence-electron chi connectivity index (χ1n) is 4.24. The summed E-state index contributed by atoms with van der Waals surface area (Å²) in [7, 11) is 0. The molecule has 0 fully saturated rings. The molecule has 0 saturated carbocycles. The zero-order chi connectivity index (χ0) is 8.55. The van der Waals surface area contributed by atoms with Crippen LogP contribution in [-0.2, 0) is 0 Å². The Morgan fingerprint density at radius 2 is 1.23 bits per heavy atom. The first-order chi connectivity index (χ1) is 5.79. The summed E-state index contributed by atoms with van der Waals surface area (Å²) < 4.78 is 0. The Morgan fingerprint density at radius 1 is 0.769 bits per heavy atom. The molecule has 2 aromatic carbocycles. The highest BCUT2D eigenvalue weighted by atomic mass is 14.0. The highest BCUT2D eigenvalue weighted by Crippen LogP contribution is 2.21. The van der Waals surface area contributed by atoms with E-state index in [1.165, 1.54) is 21.9 Å². The van der Waals surface area contributed by atoms with Crippen LogP contribution in [0.4, 0.5) is 0 Å². The fraction of sp³-hybridized carbons (Fsp3) is 0.231. The summed E-state index contributed by atoms with van der Waals surface area (Å²) in [4.78, 5) is 0. The van der Waals surface area contributed by atoms with Gasteiger partial charge in [-0.3, -0.25) is 0 Å². The molecule has 0 unspecified atom stereocenters. The quantitative estimate of drug-likeness (QED) is 0.561. The maximum Gasteiger partial charge on any atom is -0.0125 e. The summed E-state index contributed by atoms with van der Waals surface area (Å²) in [5.74, 6) is 0. The highest BCUT2D eigenvalue weighted by Gasteiger charge is 1.97. The van der Waals surface area contributed by atoms with Gasteiger partial charge < -0.3 is 0 Å². The van der Waals surface area contributed by atoms with E-state index in [2.05, 4.69) is 50.2 Å². The van der Waals surface area contributed by atoms with Gasteiger partial charge in [0.2, 0.25) is 0 Å². The average molecular weight is 172 g/mol. The third kappa shape index (κ3) is 1.57. The average Bonchev–Trinajstić information content (AvgIpc) is 2.04. The molecular formula is C13H16. The molecule has 68 valence electrons. The molecule has 0 aliphatic heterocycles. The summed E-state index contributed by atoms with van der Waals surface area (Å²) in [5, 5.41) is 2.75. The lowest BCUT2D eigenvalue weighted by molar-refractivity contribution is 1.46. The number of hydrogen-bond donors (Lipinski definition) is 0. The molecular weight excluding hydrogens is 156 g/mol. The minimum absolute atomic E-state index is 0. The van der Waals surface area contributed by atoms with Crippen LogP contribution >= 0.6 is 0 Å². The minimum Gasteiger partial charge on any atom is -0.0776 e. The van der Waals surface area contributed by atoms with Gasteiger partial charge in [0, 0.05) is 0 Å². The lowest BCUT2D eigenvalue weighted by Gasteiger charge is -2.04. The van der Waals surface area contributed by atoms with E-state index in [-0.39, 0.29) is 7.43 Å². The first-order valence-corrected chi connectivity index (χ1v) is 4.24. The van der Waals surface area contributed by atoms with E-state index in [0.717, 1.165) is 0 Å². The second kappa shape index (κ2) is 3.61. The molecule has 2 aromatic rings. The summed E-state index contributed by atoms with van der Waals surface area (Å²) >= 11 is 0. The Hall–Kier alpha value is -1.30. The predicted octanol–water partition coefficient (Wildman–Crippen LogP) is 4.09. The Morgan fingerprint density at radius 3 is 1.62 bits per heavy atom. The number of hydrogen-bond acceptors (Lipinski definition) is 0. The Kier molecular flexibility index (Phi) is 2.72. The molecule has 0 heteroatoms. The molecule has 0 heterocycles. The van der Waals surface area contributed by atoms with E-state index in [9.17, 15) is 0 Å². The van der Waals surface area contributed by atoms with Crippen LogP contribution in [0.15, 0.2) is 36.4 Å². The van der Waals surface area contributed by atoms with Gasteiger partial charge in [-0.1, -0.05) is 43.8 Å². The standard InChI is InChI=1S/C12H12.CH4/c1-9-5-3-7-11-8-4-6-10(2)12(9)11;/h3-8H,1-2H3;1H4. The molecule has 0 bridgehead atoms. The van der Waals surface area contributed by atoms with Crippen molar-refractivity contribution in [1.29, 1.82) is 0 Å². The van der Waals surface area contributed by atoms with Crippen LogP contribution < -0.4 is 0 Å². The van der Waals surface area contributed by atoms with Crippen molar-refractivity contribution in [1.82, 2.24) is 0 Å². The summed E-state index contributed by atoms with van der Waals surface area (Å²) in [5.41, 5.74) is 2.73. The van der Waals surface area contributed by atoms with E-state index in [4.69, 9.17) is 0 Å². The molecule has 2 rings (SSSR count). The molecule has 0 spiro atoms. The van der Waals surface area contributed by atoms with E-state index in [1.54, 1.807) is 0 Å². The molecule has 0 aliphatic carbocycles. The molecule has 0 amide bonds. The van der Waals surface area contributed by atoms with Crippen molar-refractivity contribution in [2.75, 3.05) is 0 Å². The van der Waals surface area contributed by atoms with Crippen LogP contribution in [0.2, 0.25) is 0 Å². The van der Waals surface area contributed by atoms with Gasteiger partial charge in [0.15, 0.2) is 0 Å². The summed E-state index contributed by atoms with van der Waals surface area (Å²) in [6.45, 7) is 4.32. The maximum atomic E-state index is 2.16. The lowest BCUT2D eigenvalue weighted by Crippen LogP contribution is -1.81. The Balaban J connectivity index is 0.000000845. The number of rotatable bonds is 0. The van der Waals surface area contributed by atoms with Crippen molar-refractivity contribution in [3.63, 3.8) is 0 Å².